The summed E-state index contributed by atoms with van der Waals surface area (Å²) >= 11 is 0.939. The van der Waals surface area contributed by atoms with Crippen molar-refractivity contribution in [1.82, 2.24) is 15.4 Å². The van der Waals surface area contributed by atoms with Crippen molar-refractivity contribution in [3.8, 4) is 23.3 Å². The molecule has 1 unspecified atom stereocenters. The van der Waals surface area contributed by atoms with E-state index in [-0.39, 0.29) is 40.7 Å². The van der Waals surface area contributed by atoms with Crippen LogP contribution in [-0.4, -0.2) is 57.8 Å². The maximum absolute atomic E-state index is 13.9. The van der Waals surface area contributed by atoms with Gasteiger partial charge in [-0.3, -0.25) is 10.8 Å². The number of benzene rings is 2. The van der Waals surface area contributed by atoms with Crippen molar-refractivity contribution in [1.29, 1.82) is 16.1 Å². The maximum Gasteiger partial charge on any atom is 0.391 e. The monoisotopic (exact) mass is 684 g/mol. The normalized spacial score (nSPS) is 12.6. The van der Waals surface area contributed by atoms with Crippen LogP contribution in [0.4, 0.5) is 4.39 Å². The molecule has 1 heterocycles. The van der Waals surface area contributed by atoms with E-state index in [2.05, 4.69) is 15.4 Å². The number of nitriles is 1. The lowest BCUT2D eigenvalue weighted by Crippen LogP contribution is -2.31. The molecule has 3 aromatic rings. The molecule has 0 aliphatic heterocycles. The Labute approximate surface area is 263 Å². The van der Waals surface area contributed by atoms with Gasteiger partial charge in [-0.1, -0.05) is 6.92 Å². The van der Waals surface area contributed by atoms with Gasteiger partial charge in [-0.25, -0.2) is 17.4 Å². The molecular formula is C26H34FN8O7PS2. The second kappa shape index (κ2) is 15.7. The summed E-state index contributed by atoms with van der Waals surface area (Å²) in [5.74, 6) is -0.923. The van der Waals surface area contributed by atoms with Gasteiger partial charge in [-0.15, -0.1) is 11.3 Å². The summed E-state index contributed by atoms with van der Waals surface area (Å²) in [5.41, 5.74) is 10.8. The lowest BCUT2D eigenvalue weighted by molar-refractivity contribution is 0.264. The first-order valence-electron chi connectivity index (χ1n) is 13.5. The average molecular weight is 685 g/mol. The molecule has 0 saturated carbocycles. The number of hydrogen-bond acceptors (Lipinski definition) is 10. The second-order valence-corrected chi connectivity index (χ2v) is 14.2. The SMILES string of the molecule is CCc1c(S(=O)(=O)NCP(=O)(O)Oc2ccc(C#N)c(F)c2)sc2cc(OCCCNC(=N)N)c(OCCCNC(=N)N)cc12. The zero-order valence-electron chi connectivity index (χ0n) is 24.2. The standard InChI is InChI=1S/C26H34FN8O7PS2/c1-2-18-19-12-21(40-9-3-7-33-25(29)30)22(41-10-4-8-34-26(31)32)13-23(19)44-24(18)45(38,39)35-15-43(36,37)42-17-6-5-16(14-28)20(27)11-17/h5-6,11-13,35H,2-4,7-10,15H2,1H3,(H,36,37)(H4,29,30,33)(H4,31,32,34). The summed E-state index contributed by atoms with van der Waals surface area (Å²) in [5, 5.41) is 29.3. The Morgan fingerprint density at radius 2 is 1.69 bits per heavy atom. The van der Waals surface area contributed by atoms with E-state index in [0.29, 0.717) is 59.5 Å². The van der Waals surface area contributed by atoms with Crippen molar-refractivity contribution in [3.63, 3.8) is 0 Å². The highest BCUT2D eigenvalue weighted by Crippen LogP contribution is 2.44. The molecule has 0 amide bonds. The molecule has 0 aliphatic rings. The van der Waals surface area contributed by atoms with Crippen molar-refractivity contribution in [2.24, 2.45) is 11.5 Å². The number of nitrogens with one attached hydrogen (secondary N) is 5. The summed E-state index contributed by atoms with van der Waals surface area (Å²) in [6.45, 7) is 3.04. The molecule has 1 atom stereocenters. The van der Waals surface area contributed by atoms with E-state index in [0.717, 1.165) is 29.5 Å². The molecule has 0 saturated heterocycles. The summed E-state index contributed by atoms with van der Waals surface area (Å²) in [4.78, 5) is 10.3. The number of hydrogen-bond donors (Lipinski definition) is 8. The highest BCUT2D eigenvalue weighted by Gasteiger charge is 2.29. The number of guanidine groups is 2. The summed E-state index contributed by atoms with van der Waals surface area (Å²) in [6.07, 6.45) is 0.310. The van der Waals surface area contributed by atoms with Crippen LogP contribution in [0.2, 0.25) is 0 Å². The summed E-state index contributed by atoms with van der Waals surface area (Å²) in [6, 6.07) is 7.90. The quantitative estimate of drug-likeness (QED) is 0.0441. The van der Waals surface area contributed by atoms with Crippen molar-refractivity contribution in [2.75, 3.05) is 32.6 Å². The molecule has 0 spiro atoms. The number of halogens is 1. The molecular weight excluding hydrogens is 650 g/mol. The van der Waals surface area contributed by atoms with Crippen LogP contribution in [0.15, 0.2) is 34.5 Å². The Kier molecular flexibility index (Phi) is 12.4. The molecule has 10 N–H and O–H groups in total. The molecule has 0 radical (unpaired) electrons. The van der Waals surface area contributed by atoms with E-state index in [1.165, 1.54) is 0 Å². The van der Waals surface area contributed by atoms with Crippen LogP contribution in [0.3, 0.4) is 0 Å². The molecule has 2 aromatic carbocycles. The molecule has 0 bridgehead atoms. The molecule has 3 rings (SSSR count). The van der Waals surface area contributed by atoms with Crippen LogP contribution in [0.1, 0.15) is 30.9 Å². The van der Waals surface area contributed by atoms with Gasteiger partial charge in [-0.2, -0.15) is 9.98 Å². The van der Waals surface area contributed by atoms with E-state index in [1.54, 1.807) is 25.1 Å². The van der Waals surface area contributed by atoms with Crippen LogP contribution < -0.4 is 40.8 Å². The van der Waals surface area contributed by atoms with E-state index in [9.17, 15) is 22.3 Å². The number of thiophene rings is 1. The Balaban J connectivity index is 1.84. The minimum absolute atomic E-state index is 0.0798. The molecule has 0 fully saturated rings. The largest absolute Gasteiger partial charge is 0.490 e. The first-order chi connectivity index (χ1) is 21.3. The van der Waals surface area contributed by atoms with Crippen molar-refractivity contribution >= 4 is 51.0 Å². The zero-order chi connectivity index (χ0) is 33.2. The van der Waals surface area contributed by atoms with Gasteiger partial charge >= 0.3 is 7.60 Å². The summed E-state index contributed by atoms with van der Waals surface area (Å²) < 4.78 is 72.7. The lowest BCUT2D eigenvalue weighted by Gasteiger charge is -2.15. The third-order valence-corrected chi connectivity index (χ3v) is 10.4. The fourth-order valence-electron chi connectivity index (χ4n) is 3.94. The van der Waals surface area contributed by atoms with E-state index >= 15 is 0 Å². The van der Waals surface area contributed by atoms with Gasteiger partial charge in [0, 0.05) is 35.3 Å². The predicted molar refractivity (Wildman–Crippen MR) is 168 cm³/mol. The summed E-state index contributed by atoms with van der Waals surface area (Å²) in [7, 11) is -8.95. The zero-order valence-corrected chi connectivity index (χ0v) is 26.7. The number of sulfonamides is 1. The number of rotatable bonds is 17. The predicted octanol–water partition coefficient (Wildman–Crippen LogP) is 2.48. The highest BCUT2D eigenvalue weighted by molar-refractivity contribution is 7.92. The number of ether oxygens (including phenoxy) is 2. The minimum Gasteiger partial charge on any atom is -0.490 e. The number of nitrogens with zero attached hydrogens (tertiary/aromatic N) is 1. The van der Waals surface area contributed by atoms with Crippen LogP contribution >= 0.6 is 18.9 Å². The number of nitrogens with two attached hydrogens (primary N) is 2. The smallest absolute Gasteiger partial charge is 0.391 e. The molecule has 15 nitrogen and oxygen atoms in total. The second-order valence-electron chi connectivity index (χ2n) is 9.39. The van der Waals surface area contributed by atoms with Gasteiger partial charge < -0.3 is 41.0 Å². The van der Waals surface area contributed by atoms with Crippen LogP contribution in [0.5, 0.6) is 17.2 Å². The topological polar surface area (TPSA) is 259 Å². The number of fused-ring (bicyclic) bond motifs is 1. The van der Waals surface area contributed by atoms with E-state index in [1.807, 2.05) is 0 Å². The Morgan fingerprint density at radius 1 is 1.09 bits per heavy atom. The molecule has 1 aromatic heterocycles. The van der Waals surface area contributed by atoms with Crippen molar-refractivity contribution in [2.45, 2.75) is 30.4 Å². The van der Waals surface area contributed by atoms with E-state index < -0.39 is 29.7 Å². The fraction of sp³-hybridized carbons (Fsp3) is 0.346. The first-order valence-corrected chi connectivity index (χ1v) is 17.5. The van der Waals surface area contributed by atoms with Gasteiger partial charge in [-0.05, 0) is 43.0 Å². The van der Waals surface area contributed by atoms with Gasteiger partial charge in [0.1, 0.15) is 28.1 Å². The van der Waals surface area contributed by atoms with Gasteiger partial charge in [0.2, 0.25) is 0 Å². The van der Waals surface area contributed by atoms with E-state index in [4.69, 9.17) is 41.5 Å². The van der Waals surface area contributed by atoms with Gasteiger partial charge in [0.25, 0.3) is 10.0 Å². The molecule has 19 heteroatoms. The minimum atomic E-state index is -4.63. The maximum atomic E-state index is 13.9. The fourth-order valence-corrected chi connectivity index (χ4v) is 8.41. The van der Waals surface area contributed by atoms with Crippen molar-refractivity contribution in [3.05, 3.63) is 47.3 Å². The Hall–Kier alpha value is -4.14. The Morgan fingerprint density at radius 3 is 2.22 bits per heavy atom. The van der Waals surface area contributed by atoms with Crippen LogP contribution in [-0.2, 0) is 21.0 Å². The Bertz CT molecular complexity index is 1750. The molecule has 244 valence electrons. The molecule has 0 aliphatic carbocycles. The van der Waals surface area contributed by atoms with Crippen molar-refractivity contribution < 1.29 is 36.3 Å². The van der Waals surface area contributed by atoms with Gasteiger partial charge in [0.15, 0.2) is 23.4 Å². The molecule has 45 heavy (non-hydrogen) atoms. The van der Waals surface area contributed by atoms with Crippen LogP contribution in [0, 0.1) is 28.0 Å². The first kappa shape index (κ1) is 35.3. The number of aryl methyl sites for hydroxylation is 1. The average Bonchev–Trinajstić information content (AvgIpc) is 3.33. The lowest BCUT2D eigenvalue weighted by atomic mass is 10.1. The van der Waals surface area contributed by atoms with Gasteiger partial charge in [0.05, 0.1) is 18.8 Å². The third-order valence-electron chi connectivity index (χ3n) is 5.97. The van der Waals surface area contributed by atoms with Crippen LogP contribution in [0.25, 0.3) is 10.1 Å². The third kappa shape index (κ3) is 10.2. The highest BCUT2D eigenvalue weighted by atomic mass is 32.2.